The van der Waals surface area contributed by atoms with Gasteiger partial charge in [0.1, 0.15) is 0 Å². The van der Waals surface area contributed by atoms with Crippen molar-refractivity contribution in [3.8, 4) is 0 Å². The fourth-order valence-electron chi connectivity index (χ4n) is 3.09. The van der Waals surface area contributed by atoms with Crippen molar-refractivity contribution >= 4 is 10.9 Å². The summed E-state index contributed by atoms with van der Waals surface area (Å²) in [6.07, 6.45) is 1.57. The van der Waals surface area contributed by atoms with Gasteiger partial charge in [0, 0.05) is 6.54 Å². The van der Waals surface area contributed by atoms with Crippen LogP contribution in [-0.2, 0) is 22.4 Å². The Bertz CT molecular complexity index is 698. The molecule has 0 spiro atoms. The summed E-state index contributed by atoms with van der Waals surface area (Å²) in [7, 11) is 0. The van der Waals surface area contributed by atoms with Crippen molar-refractivity contribution < 1.29 is 9.47 Å². The molecule has 4 rings (SSSR count). The quantitative estimate of drug-likeness (QED) is 0.784. The molecule has 0 radical (unpaired) electrons. The Morgan fingerprint density at radius 1 is 1.21 bits per heavy atom. The summed E-state index contributed by atoms with van der Waals surface area (Å²) in [6, 6.07) is 8.15. The molecule has 0 unspecified atom stereocenters. The Hall–Kier alpha value is -1.65. The van der Waals surface area contributed by atoms with Crippen LogP contribution in [0.3, 0.4) is 0 Å². The van der Waals surface area contributed by atoms with Gasteiger partial charge in [-0.2, -0.15) is 0 Å². The van der Waals surface area contributed by atoms with Gasteiger partial charge < -0.3 is 14.0 Å². The number of aryl methyl sites for hydroxylation is 2. The summed E-state index contributed by atoms with van der Waals surface area (Å²) < 4.78 is 12.8. The van der Waals surface area contributed by atoms with Crippen LogP contribution in [-0.4, -0.2) is 17.8 Å². The van der Waals surface area contributed by atoms with E-state index in [0.29, 0.717) is 18.8 Å². The number of rotatable bonds is 1. The lowest BCUT2D eigenvalue weighted by atomic mass is 10.00. The monoisotopic (exact) mass is 257 g/mol. The number of ether oxygens (including phenoxy) is 2. The highest BCUT2D eigenvalue weighted by Gasteiger charge is 2.24. The van der Waals surface area contributed by atoms with E-state index in [1.807, 2.05) is 10.6 Å². The summed E-state index contributed by atoms with van der Waals surface area (Å²) in [4.78, 5) is 12.6. The summed E-state index contributed by atoms with van der Waals surface area (Å²) in [5.41, 5.74) is 3.01. The summed E-state index contributed by atoms with van der Waals surface area (Å²) in [5, 5.41) is 1.10. The fraction of sp³-hybridized carbons (Fsp3) is 0.400. The van der Waals surface area contributed by atoms with Gasteiger partial charge in [-0.3, -0.25) is 4.79 Å². The minimum absolute atomic E-state index is 0.0338. The highest BCUT2D eigenvalue weighted by atomic mass is 16.7. The molecule has 0 atom stereocenters. The zero-order chi connectivity index (χ0) is 12.8. The second-order valence-electron chi connectivity index (χ2n) is 5.09. The third-order valence-corrected chi connectivity index (χ3v) is 3.93. The van der Waals surface area contributed by atoms with Crippen molar-refractivity contribution in [2.75, 3.05) is 13.2 Å². The Kier molecular flexibility index (Phi) is 2.47. The topological polar surface area (TPSA) is 40.5 Å². The van der Waals surface area contributed by atoms with Crippen molar-refractivity contribution in [3.05, 3.63) is 45.7 Å². The molecule has 0 amide bonds. The number of pyridine rings is 1. The van der Waals surface area contributed by atoms with E-state index in [9.17, 15) is 4.79 Å². The highest BCUT2D eigenvalue weighted by molar-refractivity contribution is 5.83. The smallest absolute Gasteiger partial charge is 0.259 e. The minimum Gasteiger partial charge on any atom is -0.346 e. The normalized spacial score (nSPS) is 19.2. The lowest BCUT2D eigenvalue weighted by Gasteiger charge is -2.21. The fourth-order valence-corrected chi connectivity index (χ4v) is 3.09. The van der Waals surface area contributed by atoms with Crippen molar-refractivity contribution in [1.82, 2.24) is 4.57 Å². The molecule has 98 valence electrons. The Morgan fingerprint density at radius 2 is 2.05 bits per heavy atom. The Labute approximate surface area is 110 Å². The van der Waals surface area contributed by atoms with Crippen molar-refractivity contribution in [3.63, 3.8) is 0 Å². The first-order chi connectivity index (χ1) is 9.34. The van der Waals surface area contributed by atoms with Crippen molar-refractivity contribution in [2.45, 2.75) is 25.7 Å². The first-order valence-corrected chi connectivity index (χ1v) is 6.73. The predicted molar refractivity (Wildman–Crippen MR) is 71.2 cm³/mol. The van der Waals surface area contributed by atoms with E-state index in [0.717, 1.165) is 30.3 Å². The van der Waals surface area contributed by atoms with Crippen LogP contribution < -0.4 is 5.56 Å². The number of hydrogen-bond donors (Lipinski definition) is 0. The van der Waals surface area contributed by atoms with E-state index in [-0.39, 0.29) is 5.56 Å². The maximum atomic E-state index is 12.6. The minimum atomic E-state index is -0.494. The average Bonchev–Trinajstić information content (AvgIpc) is 2.97. The van der Waals surface area contributed by atoms with Crippen molar-refractivity contribution in [2.24, 2.45) is 0 Å². The van der Waals surface area contributed by atoms with Crippen LogP contribution >= 0.6 is 0 Å². The molecule has 19 heavy (non-hydrogen) atoms. The van der Waals surface area contributed by atoms with E-state index in [1.165, 1.54) is 5.56 Å². The molecule has 4 heteroatoms. The number of hydrogen-bond acceptors (Lipinski definition) is 3. The summed E-state index contributed by atoms with van der Waals surface area (Å²) in [6.45, 7) is 1.90. The Morgan fingerprint density at radius 3 is 2.89 bits per heavy atom. The van der Waals surface area contributed by atoms with Gasteiger partial charge in [0.05, 0.1) is 24.3 Å². The van der Waals surface area contributed by atoms with Crippen LogP contribution in [0.25, 0.3) is 10.9 Å². The molecule has 1 fully saturated rings. The van der Waals surface area contributed by atoms with Crippen LogP contribution in [0, 0.1) is 0 Å². The van der Waals surface area contributed by atoms with E-state index in [1.54, 1.807) is 0 Å². The van der Waals surface area contributed by atoms with Crippen LogP contribution in [0.15, 0.2) is 29.1 Å². The van der Waals surface area contributed by atoms with Gasteiger partial charge in [-0.15, -0.1) is 0 Å². The molecular weight excluding hydrogens is 242 g/mol. The van der Waals surface area contributed by atoms with E-state index in [2.05, 4.69) is 18.2 Å². The number of para-hydroxylation sites is 1. The number of nitrogens with zero attached hydrogens (tertiary/aromatic N) is 1. The SMILES string of the molecule is O=c1c(C2OCCO2)cc2cccc3c2n1CCC3. The molecule has 0 N–H and O–H groups in total. The second kappa shape index (κ2) is 4.18. The van der Waals surface area contributed by atoms with Crippen LogP contribution in [0.5, 0.6) is 0 Å². The summed E-state index contributed by atoms with van der Waals surface area (Å²) >= 11 is 0. The maximum absolute atomic E-state index is 12.6. The predicted octanol–water partition coefficient (Wildman–Crippen LogP) is 1.99. The first kappa shape index (κ1) is 11.2. The van der Waals surface area contributed by atoms with Crippen LogP contribution in [0.1, 0.15) is 23.8 Å². The largest absolute Gasteiger partial charge is 0.346 e. The molecule has 2 aromatic rings. The first-order valence-electron chi connectivity index (χ1n) is 6.73. The Balaban J connectivity index is 2.02. The molecule has 0 bridgehead atoms. The molecule has 1 aromatic carbocycles. The van der Waals surface area contributed by atoms with Gasteiger partial charge in [0.25, 0.3) is 5.56 Å². The zero-order valence-electron chi connectivity index (χ0n) is 10.6. The van der Waals surface area contributed by atoms with Crippen molar-refractivity contribution in [1.29, 1.82) is 0 Å². The molecular formula is C15H15NO3. The van der Waals surface area contributed by atoms with Gasteiger partial charge in [-0.1, -0.05) is 18.2 Å². The standard InChI is InChI=1S/C15H15NO3/c17-14-12(15-18-7-8-19-15)9-11-4-1-3-10-5-2-6-16(14)13(10)11/h1,3-4,9,15H,2,5-8H2. The van der Waals surface area contributed by atoms with E-state index in [4.69, 9.17) is 9.47 Å². The zero-order valence-corrected chi connectivity index (χ0v) is 10.6. The van der Waals surface area contributed by atoms with E-state index >= 15 is 0 Å². The number of benzene rings is 1. The van der Waals surface area contributed by atoms with Gasteiger partial charge in [0.15, 0.2) is 6.29 Å². The third kappa shape index (κ3) is 1.64. The van der Waals surface area contributed by atoms with E-state index < -0.39 is 6.29 Å². The van der Waals surface area contributed by atoms with Gasteiger partial charge in [0.2, 0.25) is 0 Å². The number of aromatic nitrogens is 1. The van der Waals surface area contributed by atoms with Gasteiger partial charge in [-0.05, 0) is 29.9 Å². The van der Waals surface area contributed by atoms with Gasteiger partial charge >= 0.3 is 0 Å². The third-order valence-electron chi connectivity index (χ3n) is 3.93. The second-order valence-corrected chi connectivity index (χ2v) is 5.09. The van der Waals surface area contributed by atoms with Crippen LogP contribution in [0.4, 0.5) is 0 Å². The molecule has 0 aliphatic carbocycles. The maximum Gasteiger partial charge on any atom is 0.259 e. The average molecular weight is 257 g/mol. The molecule has 4 nitrogen and oxygen atoms in total. The molecule has 0 saturated carbocycles. The molecule has 2 aliphatic heterocycles. The lowest BCUT2D eigenvalue weighted by Crippen LogP contribution is -2.28. The lowest BCUT2D eigenvalue weighted by molar-refractivity contribution is -0.0452. The van der Waals surface area contributed by atoms with Crippen LogP contribution in [0.2, 0.25) is 0 Å². The molecule has 3 heterocycles. The molecule has 2 aliphatic rings. The molecule has 1 aromatic heterocycles. The highest BCUT2D eigenvalue weighted by Crippen LogP contribution is 2.27. The molecule has 1 saturated heterocycles. The summed E-state index contributed by atoms with van der Waals surface area (Å²) in [5.74, 6) is 0. The van der Waals surface area contributed by atoms with Gasteiger partial charge in [-0.25, -0.2) is 0 Å².